The minimum atomic E-state index is -4.92. The number of H-pyrrole nitrogens is 1. The molecule has 0 unspecified atom stereocenters. The highest BCUT2D eigenvalue weighted by Gasteiger charge is 2.41. The molecule has 0 aliphatic rings. The molecule has 2 aromatic rings. The number of aromatic amines is 1. The zero-order valence-corrected chi connectivity index (χ0v) is 11.1. The van der Waals surface area contributed by atoms with Crippen LogP contribution in [-0.2, 0) is 16.2 Å². The van der Waals surface area contributed by atoms with Gasteiger partial charge in [-0.3, -0.25) is 5.10 Å². The van der Waals surface area contributed by atoms with E-state index in [0.29, 0.717) is 5.02 Å². The number of benzene rings is 1. The lowest BCUT2D eigenvalue weighted by molar-refractivity contribution is -0.143. The number of sulfonamides is 1. The summed E-state index contributed by atoms with van der Waals surface area (Å²) in [4.78, 5) is -1.09. The van der Waals surface area contributed by atoms with Gasteiger partial charge in [-0.2, -0.15) is 18.3 Å². The Balaban J connectivity index is 2.73. The van der Waals surface area contributed by atoms with E-state index < -0.39 is 32.5 Å². The first-order valence-electron chi connectivity index (χ1n) is 5.05. The van der Waals surface area contributed by atoms with Crippen LogP contribution in [0, 0.1) is 0 Å². The molecule has 10 heteroatoms. The minimum Gasteiger partial charge on any atom is -0.272 e. The average Bonchev–Trinajstić information content (AvgIpc) is 2.73. The monoisotopic (exact) mass is 325 g/mol. The number of nitrogens with zero attached hydrogens (tertiary/aromatic N) is 1. The van der Waals surface area contributed by atoms with Crippen LogP contribution in [0.1, 0.15) is 5.69 Å². The van der Waals surface area contributed by atoms with Crippen molar-refractivity contribution < 1.29 is 21.6 Å². The highest BCUT2D eigenvalue weighted by Crippen LogP contribution is 2.37. The van der Waals surface area contributed by atoms with Crippen molar-refractivity contribution in [1.82, 2.24) is 10.2 Å². The Morgan fingerprint density at radius 3 is 2.20 bits per heavy atom. The lowest BCUT2D eigenvalue weighted by Gasteiger charge is -2.06. The van der Waals surface area contributed by atoms with Crippen LogP contribution >= 0.6 is 11.6 Å². The third kappa shape index (κ3) is 2.79. The average molecular weight is 326 g/mol. The van der Waals surface area contributed by atoms with E-state index in [0.717, 1.165) is 0 Å². The highest BCUT2D eigenvalue weighted by molar-refractivity contribution is 7.89. The molecule has 0 spiro atoms. The van der Waals surface area contributed by atoms with E-state index >= 15 is 0 Å². The fraction of sp³-hybridized carbons (Fsp3) is 0.100. The van der Waals surface area contributed by atoms with Gasteiger partial charge in [0.1, 0.15) is 10.6 Å². The molecule has 1 aromatic heterocycles. The van der Waals surface area contributed by atoms with Gasteiger partial charge in [-0.25, -0.2) is 13.6 Å². The van der Waals surface area contributed by atoms with Crippen LogP contribution in [0.2, 0.25) is 5.02 Å². The van der Waals surface area contributed by atoms with Crippen molar-refractivity contribution in [3.8, 4) is 11.3 Å². The molecule has 0 atom stereocenters. The predicted octanol–water partition coefficient (Wildman–Crippen LogP) is 2.40. The van der Waals surface area contributed by atoms with Gasteiger partial charge in [0.2, 0.25) is 10.0 Å². The van der Waals surface area contributed by atoms with Crippen LogP contribution in [-0.4, -0.2) is 18.6 Å². The molecule has 0 aliphatic heterocycles. The van der Waals surface area contributed by atoms with Crippen LogP contribution in [0.4, 0.5) is 13.2 Å². The molecule has 5 nitrogen and oxygen atoms in total. The lowest BCUT2D eigenvalue weighted by atomic mass is 10.1. The van der Waals surface area contributed by atoms with E-state index in [1.165, 1.54) is 24.3 Å². The Kier molecular flexibility index (Phi) is 3.53. The molecular weight excluding hydrogens is 319 g/mol. The zero-order chi connectivity index (χ0) is 15.1. The first kappa shape index (κ1) is 14.8. The summed E-state index contributed by atoms with van der Waals surface area (Å²) in [5.74, 6) is 0. The van der Waals surface area contributed by atoms with Gasteiger partial charge in [0.05, 0.1) is 0 Å². The zero-order valence-electron chi connectivity index (χ0n) is 9.57. The number of nitrogens with two attached hydrogens (primary N) is 1. The van der Waals surface area contributed by atoms with Crippen LogP contribution in [0.3, 0.4) is 0 Å². The fourth-order valence-electron chi connectivity index (χ4n) is 1.60. The van der Waals surface area contributed by atoms with Crippen molar-refractivity contribution in [2.24, 2.45) is 5.14 Å². The topological polar surface area (TPSA) is 88.8 Å². The second-order valence-corrected chi connectivity index (χ2v) is 5.76. The van der Waals surface area contributed by atoms with Crippen molar-refractivity contribution in [2.45, 2.75) is 11.1 Å². The van der Waals surface area contributed by atoms with E-state index in [-0.39, 0.29) is 5.56 Å². The third-order valence-corrected chi connectivity index (χ3v) is 3.63. The number of aromatic nitrogens is 2. The molecule has 108 valence electrons. The summed E-state index contributed by atoms with van der Waals surface area (Å²) in [6.45, 7) is 0. The maximum Gasteiger partial charge on any atom is 0.434 e. The summed E-state index contributed by atoms with van der Waals surface area (Å²) in [5, 5.41) is 10.3. The van der Waals surface area contributed by atoms with E-state index in [2.05, 4.69) is 5.10 Å². The normalized spacial score (nSPS) is 12.7. The molecule has 0 amide bonds. The number of primary sulfonamides is 1. The molecule has 1 aromatic carbocycles. The third-order valence-electron chi connectivity index (χ3n) is 2.41. The van der Waals surface area contributed by atoms with Crippen molar-refractivity contribution in [3.63, 3.8) is 0 Å². The number of alkyl halides is 3. The van der Waals surface area contributed by atoms with Gasteiger partial charge in [-0.05, 0) is 12.1 Å². The summed E-state index contributed by atoms with van der Waals surface area (Å²) < 4.78 is 61.1. The molecule has 0 aliphatic carbocycles. The number of halogens is 4. The molecule has 0 fully saturated rings. The molecule has 2 rings (SSSR count). The van der Waals surface area contributed by atoms with E-state index in [1.54, 1.807) is 5.10 Å². The predicted molar refractivity (Wildman–Crippen MR) is 65.4 cm³/mol. The standard InChI is InChI=1S/C10H7ClF3N3O2S/c11-6-3-1-5(2-4-6)7-8(20(15,18)19)9(17-16-7)10(12,13)14/h1-4H,(H,16,17)(H2,15,18,19). The Morgan fingerprint density at radius 2 is 1.75 bits per heavy atom. The number of hydrogen-bond donors (Lipinski definition) is 2. The van der Waals surface area contributed by atoms with Crippen molar-refractivity contribution >= 4 is 21.6 Å². The van der Waals surface area contributed by atoms with E-state index in [9.17, 15) is 21.6 Å². The summed E-state index contributed by atoms with van der Waals surface area (Å²) >= 11 is 5.66. The van der Waals surface area contributed by atoms with Crippen LogP contribution in [0.15, 0.2) is 29.2 Å². The summed E-state index contributed by atoms with van der Waals surface area (Å²) in [6.07, 6.45) is -4.92. The van der Waals surface area contributed by atoms with E-state index in [1.807, 2.05) is 0 Å². The lowest BCUT2D eigenvalue weighted by Crippen LogP contribution is -2.18. The maximum absolute atomic E-state index is 12.8. The smallest absolute Gasteiger partial charge is 0.272 e. The molecule has 1 heterocycles. The van der Waals surface area contributed by atoms with Crippen LogP contribution in [0.25, 0.3) is 11.3 Å². The summed E-state index contributed by atoms with van der Waals surface area (Å²) in [6, 6.07) is 5.47. The fourth-order valence-corrected chi connectivity index (χ4v) is 2.61. The molecule has 0 radical (unpaired) electrons. The first-order valence-corrected chi connectivity index (χ1v) is 6.97. The number of rotatable bonds is 2. The van der Waals surface area contributed by atoms with Gasteiger partial charge >= 0.3 is 6.18 Å². The van der Waals surface area contributed by atoms with Gasteiger partial charge in [0.25, 0.3) is 0 Å². The molecular formula is C10H7ClF3N3O2S. The summed E-state index contributed by atoms with van der Waals surface area (Å²) in [7, 11) is -4.61. The second kappa shape index (κ2) is 4.76. The first-order chi connectivity index (χ1) is 9.10. The summed E-state index contributed by atoms with van der Waals surface area (Å²) in [5.41, 5.74) is -1.77. The van der Waals surface area contributed by atoms with Crippen LogP contribution in [0.5, 0.6) is 0 Å². The SMILES string of the molecule is NS(=O)(=O)c1c(-c2ccc(Cl)cc2)n[nH]c1C(F)(F)F. The van der Waals surface area contributed by atoms with Gasteiger partial charge in [0, 0.05) is 10.6 Å². The van der Waals surface area contributed by atoms with Gasteiger partial charge < -0.3 is 0 Å². The van der Waals surface area contributed by atoms with Crippen molar-refractivity contribution in [2.75, 3.05) is 0 Å². The Morgan fingerprint density at radius 1 is 1.20 bits per heavy atom. The second-order valence-electron chi connectivity index (χ2n) is 3.83. The van der Waals surface area contributed by atoms with E-state index in [4.69, 9.17) is 16.7 Å². The van der Waals surface area contributed by atoms with Gasteiger partial charge in [0.15, 0.2) is 5.69 Å². The molecule has 0 saturated carbocycles. The Labute approximate surface area is 116 Å². The van der Waals surface area contributed by atoms with Crippen molar-refractivity contribution in [1.29, 1.82) is 0 Å². The maximum atomic E-state index is 12.8. The molecule has 3 N–H and O–H groups in total. The van der Waals surface area contributed by atoms with Gasteiger partial charge in [-0.1, -0.05) is 23.7 Å². The Hall–Kier alpha value is -1.58. The van der Waals surface area contributed by atoms with Crippen LogP contribution < -0.4 is 5.14 Å². The minimum absolute atomic E-state index is 0.144. The van der Waals surface area contributed by atoms with Crippen molar-refractivity contribution in [3.05, 3.63) is 35.0 Å². The molecule has 0 saturated heterocycles. The molecule has 20 heavy (non-hydrogen) atoms. The number of nitrogens with one attached hydrogen (secondary N) is 1. The number of hydrogen-bond acceptors (Lipinski definition) is 3. The quantitative estimate of drug-likeness (QED) is 0.888. The van der Waals surface area contributed by atoms with Gasteiger partial charge in [-0.15, -0.1) is 0 Å². The Bertz CT molecular complexity index is 738. The highest BCUT2D eigenvalue weighted by atomic mass is 35.5. The largest absolute Gasteiger partial charge is 0.434 e. The molecule has 0 bridgehead atoms.